The summed E-state index contributed by atoms with van der Waals surface area (Å²) < 4.78 is 23.7. The predicted octanol–water partition coefficient (Wildman–Crippen LogP) is 5.34. The van der Waals surface area contributed by atoms with Crippen molar-refractivity contribution in [2.75, 3.05) is 40.5 Å². The van der Waals surface area contributed by atoms with Crippen LogP contribution in [0.5, 0.6) is 0 Å². The van der Waals surface area contributed by atoms with Crippen molar-refractivity contribution in [3.05, 3.63) is 12.2 Å². The summed E-state index contributed by atoms with van der Waals surface area (Å²) >= 11 is 0. The Hall–Kier alpha value is -0.310. The molecule has 216 valence electrons. The van der Waals surface area contributed by atoms with Crippen LogP contribution in [0, 0.1) is 0 Å². The maximum Gasteiger partial charge on any atom is 0.385 e. The molecule has 0 aromatic rings. The molecular weight excluding hydrogens is 481 g/mol. The summed E-state index contributed by atoms with van der Waals surface area (Å²) in [5.41, 5.74) is 0. The van der Waals surface area contributed by atoms with Gasteiger partial charge in [0.05, 0.1) is 33.9 Å². The van der Waals surface area contributed by atoms with Gasteiger partial charge < -0.3 is 34.0 Å². The maximum absolute atomic E-state index is 12.8. The molecule has 0 aromatic heterocycles. The van der Waals surface area contributed by atoms with Crippen LogP contribution in [0.15, 0.2) is 12.2 Å². The molecule has 9 heteroatoms. The Morgan fingerprint density at radius 2 is 1.39 bits per heavy atom. The molecule has 0 radical (unpaired) electrons. The molecule has 0 aromatic carbocycles. The molecule has 3 atom stereocenters. The van der Waals surface area contributed by atoms with Crippen molar-refractivity contribution in [1.82, 2.24) is 0 Å². The lowest BCUT2D eigenvalue weighted by Gasteiger charge is -2.39. The summed E-state index contributed by atoms with van der Waals surface area (Å²) in [5.74, 6) is -0.728. The molecule has 0 saturated heterocycles. The van der Waals surface area contributed by atoms with Gasteiger partial charge in [-0.2, -0.15) is 0 Å². The predicted molar refractivity (Wildman–Crippen MR) is 147 cm³/mol. The zero-order valence-electron chi connectivity index (χ0n) is 23.5. The largest absolute Gasteiger partial charge is 0.388 e. The summed E-state index contributed by atoms with van der Waals surface area (Å²) in [6.07, 6.45) is 17.4. The van der Waals surface area contributed by atoms with E-state index in [0.717, 1.165) is 25.7 Å². The first kappa shape index (κ1) is 35.7. The Balaban J connectivity index is 3.88. The fraction of sp³-hybridized carbons (Fsp3) is 0.926. The van der Waals surface area contributed by atoms with Gasteiger partial charge in [-0.05, 0) is 32.1 Å². The second-order valence-corrected chi connectivity index (χ2v) is 12.5. The van der Waals surface area contributed by atoms with Gasteiger partial charge in [-0.15, -0.1) is 0 Å². The highest BCUT2D eigenvalue weighted by molar-refractivity contribution is 7.53. The van der Waals surface area contributed by atoms with Gasteiger partial charge >= 0.3 is 7.60 Å². The normalized spacial score (nSPS) is 16.0. The fourth-order valence-corrected chi connectivity index (χ4v) is 6.29. The average Bonchev–Trinajstić information content (AvgIpc) is 2.81. The monoisotopic (exact) mass is 538 g/mol. The van der Waals surface area contributed by atoms with Gasteiger partial charge in [0.15, 0.2) is 12.1 Å². The third-order valence-corrected chi connectivity index (χ3v) is 8.84. The Kier molecular flexibility index (Phi) is 21.4. The van der Waals surface area contributed by atoms with Gasteiger partial charge in [-0.25, -0.2) is 0 Å². The Bertz CT molecular complexity index is 586. The third-order valence-electron chi connectivity index (χ3n) is 6.57. The van der Waals surface area contributed by atoms with Gasteiger partial charge in [0.25, 0.3) is 0 Å². The zero-order valence-corrected chi connectivity index (χ0v) is 24.4. The van der Waals surface area contributed by atoms with Gasteiger partial charge in [-0.1, -0.05) is 70.9 Å². The van der Waals surface area contributed by atoms with E-state index in [1.807, 2.05) is 0 Å². The van der Waals surface area contributed by atoms with Gasteiger partial charge in [-0.3, -0.25) is 4.57 Å². The molecule has 0 fully saturated rings. The number of hydrogen-bond donors (Lipinski definition) is 4. The molecule has 0 spiro atoms. The van der Waals surface area contributed by atoms with Crippen LogP contribution in [0.4, 0.5) is 0 Å². The van der Waals surface area contributed by atoms with E-state index in [9.17, 15) is 14.6 Å². The van der Waals surface area contributed by atoms with Crippen molar-refractivity contribution < 1.29 is 38.5 Å². The second kappa shape index (κ2) is 21.6. The van der Waals surface area contributed by atoms with Crippen LogP contribution in [-0.4, -0.2) is 83.3 Å². The third kappa shape index (κ3) is 18.9. The average molecular weight is 539 g/mol. The minimum absolute atomic E-state index is 0.0596. The highest BCUT2D eigenvalue weighted by atomic mass is 31.2. The molecule has 0 saturated carbocycles. The first-order valence-corrected chi connectivity index (χ1v) is 15.8. The van der Waals surface area contributed by atoms with Crippen LogP contribution in [0.25, 0.3) is 0 Å². The van der Waals surface area contributed by atoms with Crippen LogP contribution in [0.3, 0.4) is 0 Å². The van der Waals surface area contributed by atoms with Crippen molar-refractivity contribution in [3.8, 4) is 0 Å². The molecule has 8 nitrogen and oxygen atoms in total. The van der Waals surface area contributed by atoms with Gasteiger partial charge in [0.1, 0.15) is 6.10 Å². The van der Waals surface area contributed by atoms with E-state index in [0.29, 0.717) is 19.6 Å². The summed E-state index contributed by atoms with van der Waals surface area (Å²) in [4.78, 5) is 10.5. The Labute approximate surface area is 220 Å². The summed E-state index contributed by atoms with van der Waals surface area (Å²) in [6, 6.07) is 0. The molecule has 0 bridgehead atoms. The van der Waals surface area contributed by atoms with Crippen LogP contribution in [0.2, 0.25) is 0 Å². The van der Waals surface area contributed by atoms with Crippen molar-refractivity contribution in [2.24, 2.45) is 0 Å². The molecule has 36 heavy (non-hydrogen) atoms. The van der Waals surface area contributed by atoms with Crippen molar-refractivity contribution in [3.63, 3.8) is 0 Å². The molecule has 0 heterocycles. The quantitative estimate of drug-likeness (QED) is 0.0408. The minimum Gasteiger partial charge on any atom is -0.388 e. The Morgan fingerprint density at radius 3 is 1.94 bits per heavy atom. The molecule has 0 amide bonds. The summed E-state index contributed by atoms with van der Waals surface area (Å²) in [7, 11) is -0.510. The smallest absolute Gasteiger partial charge is 0.385 e. The highest BCUT2D eigenvalue weighted by Gasteiger charge is 2.43. The highest BCUT2D eigenvalue weighted by Crippen LogP contribution is 2.52. The minimum atomic E-state index is -4.03. The first-order valence-electron chi connectivity index (χ1n) is 14.1. The SMILES string of the molecule is CCCCCCCCC/C=C\CCCCCOC[C@@H](O)COP(=O)(O)C(CC)[N+](C)(C)CCC(O)O. The number of nitrogens with zero attached hydrogens (tertiary/aromatic N) is 1. The standard InChI is InChI=1S/C27H56NO7P/c1-5-7-8-9-10-11-12-13-14-15-16-17-18-19-22-34-23-25(29)24-35-36(32,33)26(6-2)28(3,4)21-20-27(30)31/h14-15,25-27,29-31H,5-13,16-24H2,1-4H3/p+1/b15-14-/t25-,26?/m1/s1. The Morgan fingerprint density at radius 1 is 0.833 bits per heavy atom. The number of hydrogen-bond acceptors (Lipinski definition) is 6. The number of aliphatic hydroxyl groups is 3. The van der Waals surface area contributed by atoms with E-state index < -0.39 is 25.8 Å². The molecule has 4 N–H and O–H groups in total. The first-order chi connectivity index (χ1) is 17.1. The molecule has 0 aliphatic rings. The number of aliphatic hydroxyl groups excluding tert-OH is 2. The lowest BCUT2D eigenvalue weighted by atomic mass is 10.1. The molecular formula is C27H57NO7P+. The van der Waals surface area contributed by atoms with Gasteiger partial charge in [0, 0.05) is 19.4 Å². The zero-order chi connectivity index (χ0) is 27.3. The maximum atomic E-state index is 12.8. The lowest BCUT2D eigenvalue weighted by molar-refractivity contribution is -0.903. The topological polar surface area (TPSA) is 116 Å². The van der Waals surface area contributed by atoms with Crippen LogP contribution < -0.4 is 0 Å². The summed E-state index contributed by atoms with van der Waals surface area (Å²) in [5, 5.41) is 28.3. The van der Waals surface area contributed by atoms with E-state index in [-0.39, 0.29) is 24.1 Å². The fourth-order valence-electron chi connectivity index (χ4n) is 4.36. The lowest BCUT2D eigenvalue weighted by Crippen LogP contribution is -2.50. The van der Waals surface area contributed by atoms with Crippen LogP contribution in [-0.2, 0) is 13.8 Å². The van der Waals surface area contributed by atoms with E-state index in [1.165, 1.54) is 51.4 Å². The van der Waals surface area contributed by atoms with Crippen molar-refractivity contribution in [2.45, 2.75) is 122 Å². The van der Waals surface area contributed by atoms with E-state index in [4.69, 9.17) is 19.5 Å². The number of rotatable bonds is 25. The molecule has 0 aliphatic carbocycles. The van der Waals surface area contributed by atoms with Crippen molar-refractivity contribution in [1.29, 1.82) is 0 Å². The van der Waals surface area contributed by atoms with Crippen LogP contribution in [0.1, 0.15) is 104 Å². The number of quaternary nitrogens is 1. The molecule has 0 aliphatic heterocycles. The molecule has 2 unspecified atom stereocenters. The van der Waals surface area contributed by atoms with Crippen molar-refractivity contribution >= 4 is 7.60 Å². The van der Waals surface area contributed by atoms with Gasteiger partial charge in [0.2, 0.25) is 0 Å². The van der Waals surface area contributed by atoms with Crippen LogP contribution >= 0.6 is 7.60 Å². The van der Waals surface area contributed by atoms with E-state index in [1.54, 1.807) is 21.0 Å². The number of ether oxygens (including phenoxy) is 1. The van der Waals surface area contributed by atoms with E-state index >= 15 is 0 Å². The number of allylic oxidation sites excluding steroid dienone is 2. The summed E-state index contributed by atoms with van der Waals surface area (Å²) in [6.45, 7) is 4.67. The molecule has 0 rings (SSSR count). The van der Waals surface area contributed by atoms with E-state index in [2.05, 4.69) is 19.1 Å². The second-order valence-electron chi connectivity index (χ2n) is 10.5. The number of unbranched alkanes of at least 4 members (excludes halogenated alkanes) is 10.